The molecule has 0 saturated heterocycles. The monoisotopic (exact) mass is 307 g/mol. The quantitative estimate of drug-likeness (QED) is 0.923. The van der Waals surface area contributed by atoms with Gasteiger partial charge in [-0.05, 0) is 51.0 Å². The highest BCUT2D eigenvalue weighted by Crippen LogP contribution is 2.27. The van der Waals surface area contributed by atoms with Crippen molar-refractivity contribution in [3.05, 3.63) is 46.0 Å². The van der Waals surface area contributed by atoms with Crippen molar-refractivity contribution in [2.45, 2.75) is 33.2 Å². The van der Waals surface area contributed by atoms with E-state index in [-0.39, 0.29) is 0 Å². The maximum atomic E-state index is 6.18. The molecule has 18 heavy (non-hydrogen) atoms. The Labute approximate surface area is 116 Å². The molecule has 0 amide bonds. The van der Waals surface area contributed by atoms with Crippen molar-refractivity contribution >= 4 is 15.9 Å². The van der Waals surface area contributed by atoms with Gasteiger partial charge in [-0.15, -0.1) is 0 Å². The van der Waals surface area contributed by atoms with Crippen LogP contribution in [0.15, 0.2) is 29.1 Å². The predicted molar refractivity (Wildman–Crippen MR) is 78.0 cm³/mol. The Balaban J connectivity index is 2.60. The number of hydrogen-bond acceptors (Lipinski definition) is 2. The third kappa shape index (κ3) is 2.35. The Kier molecular flexibility index (Phi) is 3.34. The summed E-state index contributed by atoms with van der Waals surface area (Å²) >= 11 is 3.58. The molecule has 0 spiro atoms. The first kappa shape index (κ1) is 13.3. The van der Waals surface area contributed by atoms with E-state index < -0.39 is 5.54 Å². The summed E-state index contributed by atoms with van der Waals surface area (Å²) in [4.78, 5) is 4.22. The third-order valence-corrected chi connectivity index (χ3v) is 4.25. The molecule has 2 aromatic rings. The first-order chi connectivity index (χ1) is 8.30. The molecule has 0 saturated carbocycles. The van der Waals surface area contributed by atoms with Crippen LogP contribution >= 0.6 is 15.9 Å². The molecule has 1 aromatic heterocycles. The van der Waals surface area contributed by atoms with E-state index in [0.717, 1.165) is 15.9 Å². The molecule has 96 valence electrons. The summed E-state index contributed by atoms with van der Waals surface area (Å²) in [6.07, 6.45) is 3.64. The molecule has 4 heteroatoms. The molecule has 0 atom stereocenters. The first-order valence-electron chi connectivity index (χ1n) is 5.89. The molecule has 2 rings (SSSR count). The number of rotatable bonds is 2. The van der Waals surface area contributed by atoms with Crippen molar-refractivity contribution in [2.75, 3.05) is 0 Å². The minimum absolute atomic E-state index is 0.411. The van der Waals surface area contributed by atoms with Crippen LogP contribution < -0.4 is 5.73 Å². The van der Waals surface area contributed by atoms with Crippen LogP contribution in [-0.4, -0.2) is 9.55 Å². The second kappa shape index (κ2) is 4.52. The molecule has 0 radical (unpaired) electrons. The Morgan fingerprint density at radius 2 is 1.78 bits per heavy atom. The second-order valence-corrected chi connectivity index (χ2v) is 6.06. The van der Waals surface area contributed by atoms with Crippen LogP contribution in [0.5, 0.6) is 0 Å². The molecule has 1 aromatic carbocycles. The molecule has 2 N–H and O–H groups in total. The molecule has 0 aliphatic carbocycles. The van der Waals surface area contributed by atoms with Crippen LogP contribution in [0.4, 0.5) is 0 Å². The number of nitrogens with zero attached hydrogens (tertiary/aromatic N) is 2. The van der Waals surface area contributed by atoms with Crippen LogP contribution in [0.1, 0.15) is 30.7 Å². The van der Waals surface area contributed by atoms with Crippen molar-refractivity contribution in [1.29, 1.82) is 0 Å². The topological polar surface area (TPSA) is 43.8 Å². The van der Waals surface area contributed by atoms with Gasteiger partial charge in [0.25, 0.3) is 0 Å². The summed E-state index contributed by atoms with van der Waals surface area (Å²) in [6, 6.07) is 4.27. The van der Waals surface area contributed by atoms with Gasteiger partial charge in [0.2, 0.25) is 0 Å². The van der Waals surface area contributed by atoms with Gasteiger partial charge >= 0.3 is 0 Å². The minimum atomic E-state index is -0.411. The number of aryl methyl sites for hydroxylation is 2. The number of nitrogens with two attached hydrogens (primary N) is 1. The van der Waals surface area contributed by atoms with Gasteiger partial charge in [0.15, 0.2) is 0 Å². The van der Waals surface area contributed by atoms with Gasteiger partial charge in [0.1, 0.15) is 0 Å². The van der Waals surface area contributed by atoms with E-state index in [2.05, 4.69) is 46.9 Å². The predicted octanol–water partition coefficient (Wildman–Crippen LogP) is 3.45. The first-order valence-corrected chi connectivity index (χ1v) is 6.69. The molecule has 1 heterocycles. The molecule has 0 aliphatic rings. The number of halogens is 1. The third-order valence-electron chi connectivity index (χ3n) is 3.00. The Morgan fingerprint density at radius 1 is 1.22 bits per heavy atom. The molecule has 0 bridgehead atoms. The van der Waals surface area contributed by atoms with Gasteiger partial charge in [-0.3, -0.25) is 0 Å². The van der Waals surface area contributed by atoms with Crippen LogP contribution in [0.3, 0.4) is 0 Å². The molecular weight excluding hydrogens is 290 g/mol. The molecular formula is C14H18BrN3. The zero-order valence-corrected chi connectivity index (χ0v) is 12.7. The number of aromatic nitrogens is 2. The largest absolute Gasteiger partial charge is 0.321 e. The van der Waals surface area contributed by atoms with Gasteiger partial charge in [0, 0.05) is 10.2 Å². The highest BCUT2D eigenvalue weighted by atomic mass is 79.9. The number of benzene rings is 1. The van der Waals surface area contributed by atoms with Gasteiger partial charge in [-0.2, -0.15) is 0 Å². The number of imidazole rings is 1. The van der Waals surface area contributed by atoms with Crippen molar-refractivity contribution < 1.29 is 0 Å². The van der Waals surface area contributed by atoms with Crippen molar-refractivity contribution in [3.63, 3.8) is 0 Å². The fourth-order valence-electron chi connectivity index (χ4n) is 2.04. The summed E-state index contributed by atoms with van der Waals surface area (Å²) in [7, 11) is 0. The lowest BCUT2D eigenvalue weighted by Crippen LogP contribution is -2.31. The van der Waals surface area contributed by atoms with E-state index in [4.69, 9.17) is 5.73 Å². The van der Waals surface area contributed by atoms with E-state index in [1.54, 1.807) is 0 Å². The molecule has 0 unspecified atom stereocenters. The second-order valence-electron chi connectivity index (χ2n) is 5.26. The SMILES string of the molecule is Cc1cc(-n2cncc2C(C)(C)N)cc(C)c1Br. The summed E-state index contributed by atoms with van der Waals surface area (Å²) in [5, 5.41) is 0. The van der Waals surface area contributed by atoms with E-state index in [1.807, 2.05) is 30.9 Å². The van der Waals surface area contributed by atoms with Crippen LogP contribution in [0.2, 0.25) is 0 Å². The molecule has 0 aliphatic heterocycles. The molecule has 0 fully saturated rings. The summed E-state index contributed by atoms with van der Waals surface area (Å²) in [5.41, 5.74) is 10.3. The highest BCUT2D eigenvalue weighted by molar-refractivity contribution is 9.10. The summed E-state index contributed by atoms with van der Waals surface area (Å²) in [6.45, 7) is 8.15. The average Bonchev–Trinajstić information content (AvgIpc) is 2.73. The fraction of sp³-hybridized carbons (Fsp3) is 0.357. The van der Waals surface area contributed by atoms with Crippen molar-refractivity contribution in [2.24, 2.45) is 5.73 Å². The fourth-order valence-corrected chi connectivity index (χ4v) is 2.27. The van der Waals surface area contributed by atoms with Gasteiger partial charge in [-0.1, -0.05) is 15.9 Å². The lowest BCUT2D eigenvalue weighted by atomic mass is 10.0. The summed E-state index contributed by atoms with van der Waals surface area (Å²) < 4.78 is 3.20. The van der Waals surface area contributed by atoms with Crippen molar-refractivity contribution in [3.8, 4) is 5.69 Å². The lowest BCUT2D eigenvalue weighted by molar-refractivity contribution is 0.524. The van der Waals surface area contributed by atoms with Gasteiger partial charge in [-0.25, -0.2) is 4.98 Å². The Bertz CT molecular complexity index is 556. The van der Waals surface area contributed by atoms with E-state index in [1.165, 1.54) is 11.1 Å². The van der Waals surface area contributed by atoms with Gasteiger partial charge in [0.05, 0.1) is 23.8 Å². The molecule has 3 nitrogen and oxygen atoms in total. The normalized spacial score (nSPS) is 11.9. The van der Waals surface area contributed by atoms with Crippen molar-refractivity contribution in [1.82, 2.24) is 9.55 Å². The zero-order valence-electron chi connectivity index (χ0n) is 11.2. The number of hydrogen-bond donors (Lipinski definition) is 1. The lowest BCUT2D eigenvalue weighted by Gasteiger charge is -2.21. The Hall–Kier alpha value is -1.13. The maximum absolute atomic E-state index is 6.18. The van der Waals surface area contributed by atoms with E-state index in [0.29, 0.717) is 0 Å². The van der Waals surface area contributed by atoms with Crippen LogP contribution in [0.25, 0.3) is 5.69 Å². The van der Waals surface area contributed by atoms with Gasteiger partial charge < -0.3 is 10.3 Å². The maximum Gasteiger partial charge on any atom is 0.0994 e. The smallest absolute Gasteiger partial charge is 0.0994 e. The Morgan fingerprint density at radius 3 is 2.28 bits per heavy atom. The summed E-state index contributed by atoms with van der Waals surface area (Å²) in [5.74, 6) is 0. The highest BCUT2D eigenvalue weighted by Gasteiger charge is 2.20. The average molecular weight is 308 g/mol. The van der Waals surface area contributed by atoms with E-state index >= 15 is 0 Å². The zero-order chi connectivity index (χ0) is 13.5. The minimum Gasteiger partial charge on any atom is -0.321 e. The van der Waals surface area contributed by atoms with Crippen LogP contribution in [-0.2, 0) is 5.54 Å². The van der Waals surface area contributed by atoms with E-state index in [9.17, 15) is 0 Å². The standard InChI is InChI=1S/C14H18BrN3/c1-9-5-11(6-10(2)13(9)15)18-8-17-7-12(18)14(3,4)16/h5-8H,16H2,1-4H3. The van der Waals surface area contributed by atoms with Crippen LogP contribution in [0, 0.1) is 13.8 Å².